The van der Waals surface area contributed by atoms with E-state index in [-0.39, 0.29) is 5.56 Å². The Morgan fingerprint density at radius 2 is 2.08 bits per heavy atom. The molecule has 0 spiro atoms. The fourth-order valence-electron chi connectivity index (χ4n) is 0.798. The third-order valence-corrected chi connectivity index (χ3v) is 1.37. The van der Waals surface area contributed by atoms with Crippen LogP contribution >= 0.6 is 0 Å². The van der Waals surface area contributed by atoms with Crippen LogP contribution < -0.4 is 0 Å². The van der Waals surface area contributed by atoms with Crippen molar-refractivity contribution in [2.75, 3.05) is 0 Å². The molecule has 0 unspecified atom stereocenters. The van der Waals surface area contributed by atoms with E-state index in [9.17, 15) is 13.6 Å². The molecule has 2 nitrogen and oxygen atoms in total. The Morgan fingerprint density at radius 3 is 2.62 bits per heavy atom. The van der Waals surface area contributed by atoms with Crippen molar-refractivity contribution in [3.63, 3.8) is 0 Å². The second-order valence-electron chi connectivity index (χ2n) is 2.34. The van der Waals surface area contributed by atoms with Crippen LogP contribution in [0.2, 0.25) is 0 Å². The number of carbonyl (C=O) groups is 1. The summed E-state index contributed by atoms with van der Waals surface area (Å²) in [5.41, 5.74) is 0.0452. The van der Waals surface area contributed by atoms with E-state index in [0.717, 1.165) is 18.2 Å². The molecule has 0 atom stereocenters. The van der Waals surface area contributed by atoms with Crippen LogP contribution in [-0.2, 0) is 4.79 Å². The zero-order valence-electron chi connectivity index (χ0n) is 6.50. The molecule has 0 aliphatic rings. The van der Waals surface area contributed by atoms with Gasteiger partial charge < -0.3 is 5.11 Å². The van der Waals surface area contributed by atoms with Gasteiger partial charge in [-0.2, -0.15) is 0 Å². The van der Waals surface area contributed by atoms with Crippen LogP contribution in [0.3, 0.4) is 0 Å². The molecule has 0 fully saturated rings. The normalized spacial score (nSPS) is 10.6. The average Bonchev–Trinajstić information content (AvgIpc) is 2.02. The minimum atomic E-state index is -1.18. The third kappa shape index (κ3) is 2.66. The summed E-state index contributed by atoms with van der Waals surface area (Å²) in [7, 11) is 0. The van der Waals surface area contributed by atoms with Crippen molar-refractivity contribution in [3.05, 3.63) is 41.5 Å². The molecule has 0 radical (unpaired) electrons. The number of hydrogen-bond donors (Lipinski definition) is 1. The minimum absolute atomic E-state index is 0.0452. The van der Waals surface area contributed by atoms with E-state index in [1.807, 2.05) is 0 Å². The second-order valence-corrected chi connectivity index (χ2v) is 2.34. The molecule has 0 aromatic heterocycles. The number of carboxylic acids is 1. The molecule has 0 saturated heterocycles. The molecule has 0 saturated carbocycles. The van der Waals surface area contributed by atoms with Gasteiger partial charge in [-0.15, -0.1) is 0 Å². The molecule has 0 bridgehead atoms. The highest BCUT2D eigenvalue weighted by Crippen LogP contribution is 2.10. The van der Waals surface area contributed by atoms with Crippen LogP contribution in [0.1, 0.15) is 5.56 Å². The highest BCUT2D eigenvalue weighted by Gasteiger charge is 2.00. The van der Waals surface area contributed by atoms with Crippen molar-refractivity contribution in [1.29, 1.82) is 0 Å². The second kappa shape index (κ2) is 3.80. The highest BCUT2D eigenvalue weighted by molar-refractivity contribution is 5.85. The summed E-state index contributed by atoms with van der Waals surface area (Å²) in [5.74, 6) is -2.65. The van der Waals surface area contributed by atoms with E-state index in [2.05, 4.69) is 0 Å². The van der Waals surface area contributed by atoms with Gasteiger partial charge >= 0.3 is 5.97 Å². The lowest BCUT2D eigenvalue weighted by molar-refractivity contribution is -0.131. The summed E-state index contributed by atoms with van der Waals surface area (Å²) in [4.78, 5) is 10.1. The number of hydrogen-bond acceptors (Lipinski definition) is 1. The van der Waals surface area contributed by atoms with Crippen LogP contribution in [-0.4, -0.2) is 11.1 Å². The molecular formula is C9H6F2O2. The molecule has 1 aromatic carbocycles. The molecule has 4 heteroatoms. The Hall–Kier alpha value is -1.71. The molecule has 1 aromatic rings. The molecule has 0 aliphatic carbocycles. The first-order valence-electron chi connectivity index (χ1n) is 3.45. The Bertz CT molecular complexity index is 359. The van der Waals surface area contributed by atoms with Gasteiger partial charge in [0.1, 0.15) is 11.6 Å². The van der Waals surface area contributed by atoms with Crippen LogP contribution in [0, 0.1) is 11.6 Å². The Labute approximate surface area is 73.1 Å². The van der Waals surface area contributed by atoms with Crippen molar-refractivity contribution in [3.8, 4) is 0 Å². The van der Waals surface area contributed by atoms with Gasteiger partial charge in [-0.05, 0) is 18.2 Å². The van der Waals surface area contributed by atoms with E-state index in [1.54, 1.807) is 0 Å². The lowest BCUT2D eigenvalue weighted by Crippen LogP contribution is -1.88. The molecule has 0 heterocycles. The Balaban J connectivity index is 2.96. The first kappa shape index (κ1) is 9.38. The van der Waals surface area contributed by atoms with Gasteiger partial charge in [0.05, 0.1) is 0 Å². The minimum Gasteiger partial charge on any atom is -0.478 e. The Kier molecular flexibility index (Phi) is 2.74. The maximum absolute atomic E-state index is 12.8. The zero-order chi connectivity index (χ0) is 9.84. The predicted octanol–water partition coefficient (Wildman–Crippen LogP) is 2.06. The topological polar surface area (TPSA) is 37.3 Å². The predicted molar refractivity (Wildman–Crippen MR) is 43.0 cm³/mol. The number of benzene rings is 1. The maximum Gasteiger partial charge on any atom is 0.328 e. The van der Waals surface area contributed by atoms with Crippen LogP contribution in [0.5, 0.6) is 0 Å². The van der Waals surface area contributed by atoms with Gasteiger partial charge in [-0.25, -0.2) is 13.6 Å². The van der Waals surface area contributed by atoms with Gasteiger partial charge in [0, 0.05) is 17.7 Å². The summed E-state index contributed by atoms with van der Waals surface area (Å²) in [6, 6.07) is 2.93. The molecular weight excluding hydrogens is 178 g/mol. The molecule has 0 aliphatic heterocycles. The van der Waals surface area contributed by atoms with Crippen molar-refractivity contribution in [2.45, 2.75) is 0 Å². The quantitative estimate of drug-likeness (QED) is 0.714. The monoisotopic (exact) mass is 184 g/mol. The van der Waals surface area contributed by atoms with E-state index < -0.39 is 17.6 Å². The first-order chi connectivity index (χ1) is 6.09. The zero-order valence-corrected chi connectivity index (χ0v) is 6.50. The Morgan fingerprint density at radius 1 is 1.38 bits per heavy atom. The lowest BCUT2D eigenvalue weighted by Gasteiger charge is -1.95. The van der Waals surface area contributed by atoms with Crippen molar-refractivity contribution >= 4 is 12.0 Å². The van der Waals surface area contributed by atoms with E-state index >= 15 is 0 Å². The van der Waals surface area contributed by atoms with E-state index in [4.69, 9.17) is 5.11 Å². The number of aliphatic carboxylic acids is 1. The van der Waals surface area contributed by atoms with E-state index in [0.29, 0.717) is 6.07 Å². The smallest absolute Gasteiger partial charge is 0.328 e. The molecule has 68 valence electrons. The SMILES string of the molecule is O=C(O)/C=C\c1ccc(F)cc1F. The number of rotatable bonds is 2. The maximum atomic E-state index is 12.8. The van der Waals surface area contributed by atoms with Gasteiger partial charge in [0.25, 0.3) is 0 Å². The fraction of sp³-hybridized carbons (Fsp3) is 0. The van der Waals surface area contributed by atoms with Crippen molar-refractivity contribution in [2.24, 2.45) is 0 Å². The molecule has 13 heavy (non-hydrogen) atoms. The summed E-state index contributed by atoms with van der Waals surface area (Å²) < 4.78 is 25.2. The lowest BCUT2D eigenvalue weighted by atomic mass is 10.2. The van der Waals surface area contributed by atoms with Gasteiger partial charge in [0.15, 0.2) is 0 Å². The summed E-state index contributed by atoms with van der Waals surface area (Å²) in [5, 5.41) is 8.24. The first-order valence-corrected chi connectivity index (χ1v) is 3.45. The van der Waals surface area contributed by atoms with Gasteiger partial charge in [0.2, 0.25) is 0 Å². The van der Waals surface area contributed by atoms with Crippen LogP contribution in [0.15, 0.2) is 24.3 Å². The summed E-state index contributed by atoms with van der Waals surface area (Å²) >= 11 is 0. The van der Waals surface area contributed by atoms with Gasteiger partial charge in [-0.3, -0.25) is 0 Å². The molecule has 0 amide bonds. The fourth-order valence-corrected chi connectivity index (χ4v) is 0.798. The van der Waals surface area contributed by atoms with Crippen molar-refractivity contribution < 1.29 is 18.7 Å². The standard InChI is InChI=1S/C9H6F2O2/c10-7-3-1-6(8(11)5-7)2-4-9(12)13/h1-5H,(H,12,13)/b4-2-. The average molecular weight is 184 g/mol. The van der Waals surface area contributed by atoms with Crippen LogP contribution in [0.4, 0.5) is 8.78 Å². The highest BCUT2D eigenvalue weighted by atomic mass is 19.1. The molecule has 1 rings (SSSR count). The summed E-state index contributed by atoms with van der Waals surface area (Å²) in [6.45, 7) is 0. The largest absolute Gasteiger partial charge is 0.478 e. The molecule has 1 N–H and O–H groups in total. The number of halogens is 2. The van der Waals surface area contributed by atoms with Crippen molar-refractivity contribution in [1.82, 2.24) is 0 Å². The van der Waals surface area contributed by atoms with E-state index in [1.165, 1.54) is 6.07 Å². The number of carboxylic acid groups (broad SMARTS) is 1. The van der Waals surface area contributed by atoms with Gasteiger partial charge in [-0.1, -0.05) is 0 Å². The van der Waals surface area contributed by atoms with Crippen LogP contribution in [0.25, 0.3) is 6.08 Å². The summed E-state index contributed by atoms with van der Waals surface area (Å²) in [6.07, 6.45) is 1.85. The third-order valence-electron chi connectivity index (χ3n) is 1.37.